The lowest BCUT2D eigenvalue weighted by atomic mass is 10.1. The maximum Gasteiger partial charge on any atom is 0.329 e. The van der Waals surface area contributed by atoms with Gasteiger partial charge in [-0.05, 0) is 86.8 Å². The van der Waals surface area contributed by atoms with Crippen LogP contribution >= 0.6 is 11.3 Å². The number of imidazole rings is 1. The number of amides is 3. The summed E-state index contributed by atoms with van der Waals surface area (Å²) >= 11 is 1.52. The fourth-order valence-corrected chi connectivity index (χ4v) is 9.21. The number of carbonyl (C=O) groups is 3. The smallest absolute Gasteiger partial charge is 0.329 e. The molecule has 2 atom stereocenters. The lowest BCUT2D eigenvalue weighted by Gasteiger charge is -2.35. The average molecular weight is 744 g/mol. The van der Waals surface area contributed by atoms with Crippen LogP contribution in [0.25, 0.3) is 43.3 Å². The maximum atomic E-state index is 13.1. The Morgan fingerprint density at radius 1 is 0.944 bits per heavy atom. The number of nitrogens with zero attached hydrogens (tertiary/aromatic N) is 6. The third-order valence-electron chi connectivity index (χ3n) is 11.0. The maximum absolute atomic E-state index is 13.1. The zero-order valence-corrected chi connectivity index (χ0v) is 31.0. The van der Waals surface area contributed by atoms with E-state index >= 15 is 0 Å². The Morgan fingerprint density at radius 2 is 1.80 bits per heavy atom. The molecule has 4 aromatic heterocycles. The molecule has 14 heteroatoms. The van der Waals surface area contributed by atoms with Crippen LogP contribution in [0.1, 0.15) is 47.5 Å². The molecule has 13 nitrogen and oxygen atoms in total. The van der Waals surface area contributed by atoms with Gasteiger partial charge in [-0.15, -0.1) is 11.3 Å². The van der Waals surface area contributed by atoms with E-state index in [4.69, 9.17) is 9.97 Å². The van der Waals surface area contributed by atoms with Gasteiger partial charge in [0.25, 0.3) is 5.91 Å². The number of piperazine rings is 1. The first-order valence-electron chi connectivity index (χ1n) is 18.6. The van der Waals surface area contributed by atoms with E-state index in [1.54, 1.807) is 11.6 Å². The summed E-state index contributed by atoms with van der Waals surface area (Å²) in [5, 5.41) is 11.0. The van der Waals surface area contributed by atoms with Crippen molar-refractivity contribution in [3.8, 4) is 11.3 Å². The SMILES string of the molecule is C[C@@H]1CNc2c(sc3ccc4nc(-c5ccc(N6CCN(CCCc7ccc8c(c7)n(C)c(=O)n8C7CCC(=O)NC7=O)CC6)nc5)ccc4c23)C(=O)N1. The van der Waals surface area contributed by atoms with Gasteiger partial charge >= 0.3 is 5.69 Å². The Morgan fingerprint density at radius 3 is 2.59 bits per heavy atom. The average Bonchev–Trinajstić information content (AvgIpc) is 3.63. The van der Waals surface area contributed by atoms with Gasteiger partial charge in [0.05, 0.1) is 27.9 Å². The number of carbonyl (C=O) groups excluding carboxylic acids is 3. The zero-order valence-electron chi connectivity index (χ0n) is 30.2. The van der Waals surface area contributed by atoms with Crippen molar-refractivity contribution in [2.45, 2.75) is 44.7 Å². The fraction of sp³-hybridized carbons (Fsp3) is 0.350. The molecule has 54 heavy (non-hydrogen) atoms. The molecule has 2 fully saturated rings. The lowest BCUT2D eigenvalue weighted by molar-refractivity contribution is -0.135. The molecule has 3 aliphatic rings. The molecule has 3 amide bonds. The van der Waals surface area contributed by atoms with Crippen LogP contribution < -0.4 is 26.5 Å². The molecule has 1 unspecified atom stereocenters. The monoisotopic (exact) mass is 743 g/mol. The Labute approximate surface area is 315 Å². The molecule has 9 rings (SSSR count). The number of aryl methyl sites for hydroxylation is 2. The van der Waals surface area contributed by atoms with Gasteiger partial charge in [-0.25, -0.2) is 14.8 Å². The van der Waals surface area contributed by atoms with Crippen molar-refractivity contribution in [2.24, 2.45) is 7.05 Å². The molecule has 3 N–H and O–H groups in total. The fourth-order valence-electron chi connectivity index (χ4n) is 8.11. The highest BCUT2D eigenvalue weighted by Gasteiger charge is 2.31. The molecule has 0 saturated carbocycles. The number of rotatable bonds is 7. The Balaban J connectivity index is 0.813. The van der Waals surface area contributed by atoms with Crippen LogP contribution in [0.15, 0.2) is 65.6 Å². The molecule has 0 spiro atoms. The second-order valence-electron chi connectivity index (χ2n) is 14.6. The van der Waals surface area contributed by atoms with E-state index in [-0.39, 0.29) is 30.0 Å². The second-order valence-corrected chi connectivity index (χ2v) is 15.7. The van der Waals surface area contributed by atoms with Gasteiger partial charge in [0.15, 0.2) is 0 Å². The molecule has 3 aliphatic heterocycles. The highest BCUT2D eigenvalue weighted by molar-refractivity contribution is 7.21. The summed E-state index contributed by atoms with van der Waals surface area (Å²) in [5.74, 6) is 0.217. The number of imide groups is 1. The quantitative estimate of drug-likeness (QED) is 0.202. The third kappa shape index (κ3) is 6.08. The van der Waals surface area contributed by atoms with Crippen molar-refractivity contribution >= 4 is 72.6 Å². The first-order valence-corrected chi connectivity index (χ1v) is 19.4. The van der Waals surface area contributed by atoms with Crippen molar-refractivity contribution in [3.63, 3.8) is 0 Å². The van der Waals surface area contributed by atoms with Crippen LogP contribution in [0, 0.1) is 0 Å². The first kappa shape index (κ1) is 34.2. The van der Waals surface area contributed by atoms with Crippen LogP contribution in [0.2, 0.25) is 0 Å². The largest absolute Gasteiger partial charge is 0.381 e. The summed E-state index contributed by atoms with van der Waals surface area (Å²) in [7, 11) is 1.73. The minimum Gasteiger partial charge on any atom is -0.381 e. The van der Waals surface area contributed by atoms with Crippen molar-refractivity contribution in [2.75, 3.05) is 49.5 Å². The number of aromatic nitrogens is 4. The molecule has 2 aromatic carbocycles. The molecule has 0 bridgehead atoms. The Bertz CT molecular complexity index is 2530. The van der Waals surface area contributed by atoms with Crippen molar-refractivity contribution < 1.29 is 14.4 Å². The van der Waals surface area contributed by atoms with E-state index < -0.39 is 11.9 Å². The van der Waals surface area contributed by atoms with Crippen LogP contribution in [-0.2, 0) is 23.1 Å². The minimum absolute atomic E-state index is 0.0301. The number of pyridine rings is 2. The van der Waals surface area contributed by atoms with Gasteiger partial charge in [0, 0.05) is 79.5 Å². The first-order chi connectivity index (χ1) is 26.2. The van der Waals surface area contributed by atoms with Gasteiger partial charge in [0.2, 0.25) is 11.8 Å². The molecular formula is C40H41N9O4S. The van der Waals surface area contributed by atoms with E-state index in [2.05, 4.69) is 56.1 Å². The topological polar surface area (TPSA) is 146 Å². The molecular weight excluding hydrogens is 703 g/mol. The molecule has 2 saturated heterocycles. The highest BCUT2D eigenvalue weighted by Crippen LogP contribution is 2.41. The number of piperidine rings is 1. The van der Waals surface area contributed by atoms with Crippen molar-refractivity contribution in [1.82, 2.24) is 34.6 Å². The van der Waals surface area contributed by atoms with Crippen LogP contribution in [0.5, 0.6) is 0 Å². The van der Waals surface area contributed by atoms with E-state index in [1.165, 1.54) is 15.9 Å². The van der Waals surface area contributed by atoms with Gasteiger partial charge in [0.1, 0.15) is 16.7 Å². The molecule has 0 radical (unpaired) electrons. The summed E-state index contributed by atoms with van der Waals surface area (Å²) in [4.78, 5) is 65.5. The molecule has 6 aromatic rings. The summed E-state index contributed by atoms with van der Waals surface area (Å²) in [6, 6.07) is 17.8. The van der Waals surface area contributed by atoms with Gasteiger partial charge in [-0.1, -0.05) is 6.07 Å². The standard InChI is InChI=1S/C40H41N9O4S/c1-23-21-42-36-35-26-7-8-27(44-28(26)9-12-32(35)54-37(36)39(52)43-23)25-6-13-33(41-22-25)48-18-16-47(17-19-48)15-3-4-24-5-10-29-31(20-24)46(2)40(53)49(29)30-11-14-34(50)45-38(30)51/h5-10,12-13,20,22-23,30,42H,3-4,11,14-19,21H2,1-2H3,(H,43,52)(H,45,50,51)/t23-,30?/m1/s1. The Hall–Kier alpha value is -5.60. The molecule has 0 aliphatic carbocycles. The predicted molar refractivity (Wildman–Crippen MR) is 211 cm³/mol. The normalized spacial score (nSPS) is 19.5. The van der Waals surface area contributed by atoms with Crippen LogP contribution in [0.4, 0.5) is 11.5 Å². The lowest BCUT2D eigenvalue weighted by Crippen LogP contribution is -2.47. The zero-order chi connectivity index (χ0) is 37.1. The van der Waals surface area contributed by atoms with Crippen molar-refractivity contribution in [1.29, 1.82) is 0 Å². The van der Waals surface area contributed by atoms with E-state index in [0.717, 1.165) is 105 Å². The summed E-state index contributed by atoms with van der Waals surface area (Å²) in [5.41, 5.74) is 6.01. The van der Waals surface area contributed by atoms with E-state index in [1.807, 2.05) is 37.4 Å². The van der Waals surface area contributed by atoms with Gasteiger partial charge in [-0.2, -0.15) is 0 Å². The predicted octanol–water partition coefficient (Wildman–Crippen LogP) is 4.44. The number of anilines is 2. The molecule has 7 heterocycles. The number of fused-ring (bicyclic) bond motifs is 6. The van der Waals surface area contributed by atoms with E-state index in [0.29, 0.717) is 18.5 Å². The van der Waals surface area contributed by atoms with Crippen molar-refractivity contribution in [3.05, 3.63) is 81.7 Å². The molecule has 276 valence electrons. The van der Waals surface area contributed by atoms with Gasteiger partial charge < -0.3 is 15.5 Å². The van der Waals surface area contributed by atoms with Gasteiger partial charge in [-0.3, -0.25) is 33.7 Å². The van der Waals surface area contributed by atoms with E-state index in [9.17, 15) is 19.2 Å². The number of nitrogens with one attached hydrogen (secondary N) is 3. The Kier molecular flexibility index (Phi) is 8.65. The number of thiophene rings is 1. The second kappa shape index (κ2) is 13.7. The minimum atomic E-state index is -0.678. The summed E-state index contributed by atoms with van der Waals surface area (Å²) in [6.07, 6.45) is 4.33. The summed E-state index contributed by atoms with van der Waals surface area (Å²) in [6.45, 7) is 7.36. The third-order valence-corrected chi connectivity index (χ3v) is 12.2. The highest BCUT2D eigenvalue weighted by atomic mass is 32.1. The van der Waals surface area contributed by atoms with Crippen LogP contribution in [-0.4, -0.2) is 87.0 Å². The number of benzene rings is 2. The van der Waals surface area contributed by atoms with Crippen LogP contribution in [0.3, 0.4) is 0 Å². The number of hydrogen-bond donors (Lipinski definition) is 3. The summed E-state index contributed by atoms with van der Waals surface area (Å²) < 4.78 is 4.19. The number of hydrogen-bond acceptors (Lipinski definition) is 10.